The van der Waals surface area contributed by atoms with Crippen molar-refractivity contribution >= 4 is 18.5 Å². The first-order valence-electron chi connectivity index (χ1n) is 6.93. The third-order valence-electron chi connectivity index (χ3n) is 4.02. The lowest BCUT2D eigenvalue weighted by molar-refractivity contribution is -0.137. The average molecular weight is 256 g/mol. The second kappa shape index (κ2) is 6.64. The summed E-state index contributed by atoms with van der Waals surface area (Å²) < 4.78 is 0. The molecule has 2 aliphatic rings. The molecule has 0 aromatic rings. The van der Waals surface area contributed by atoms with E-state index >= 15 is 0 Å². The van der Waals surface area contributed by atoms with Gasteiger partial charge in [0.05, 0.1) is 0 Å². The van der Waals surface area contributed by atoms with E-state index in [0.717, 1.165) is 57.7 Å². The van der Waals surface area contributed by atoms with E-state index in [0.29, 0.717) is 11.8 Å². The molecule has 3 nitrogen and oxygen atoms in total. The molecule has 0 aromatic carbocycles. The van der Waals surface area contributed by atoms with Crippen molar-refractivity contribution in [3.8, 4) is 0 Å². The molecule has 4 heteroatoms. The first-order valence-corrected chi connectivity index (χ1v) is 7.56. The zero-order chi connectivity index (χ0) is 12.1. The number of carbonyl (C=O) groups excluding carboxylic acids is 1. The Labute approximate surface area is 110 Å². The van der Waals surface area contributed by atoms with E-state index in [1.165, 1.54) is 12.8 Å². The minimum Gasteiger partial charge on any atom is -0.340 e. The van der Waals surface area contributed by atoms with E-state index in [-0.39, 0.29) is 0 Å². The molecule has 0 atom stereocenters. The monoisotopic (exact) mass is 256 g/mol. The molecule has 98 valence electrons. The lowest BCUT2D eigenvalue weighted by Gasteiger charge is -2.35. The maximum absolute atomic E-state index is 12.2. The molecule has 2 rings (SSSR count). The first-order chi connectivity index (χ1) is 8.31. The van der Waals surface area contributed by atoms with Crippen molar-refractivity contribution in [1.82, 2.24) is 9.80 Å². The average Bonchev–Trinajstić information content (AvgIpc) is 2.90. The Morgan fingerprint density at radius 3 is 2.35 bits per heavy atom. The van der Waals surface area contributed by atoms with Gasteiger partial charge in [-0.15, -0.1) is 0 Å². The molecule has 0 radical (unpaired) electrons. The van der Waals surface area contributed by atoms with Crippen LogP contribution in [0.5, 0.6) is 0 Å². The van der Waals surface area contributed by atoms with Crippen molar-refractivity contribution < 1.29 is 4.79 Å². The molecular formula is C13H24N2OS. The SMILES string of the molecule is O=C(C1CCCC1)N1CCN(CCCS)CC1. The molecule has 17 heavy (non-hydrogen) atoms. The number of thiol groups is 1. The number of hydrogen-bond donors (Lipinski definition) is 1. The molecule has 1 aliphatic carbocycles. The van der Waals surface area contributed by atoms with Crippen molar-refractivity contribution in [2.45, 2.75) is 32.1 Å². The van der Waals surface area contributed by atoms with Crippen LogP contribution in [-0.2, 0) is 4.79 Å². The maximum atomic E-state index is 12.2. The summed E-state index contributed by atoms with van der Waals surface area (Å²) in [5, 5.41) is 0. The van der Waals surface area contributed by atoms with Crippen LogP contribution in [0.4, 0.5) is 0 Å². The Morgan fingerprint density at radius 2 is 1.76 bits per heavy atom. The van der Waals surface area contributed by atoms with Gasteiger partial charge < -0.3 is 4.90 Å². The Hall–Kier alpha value is -0.220. The van der Waals surface area contributed by atoms with Crippen molar-refractivity contribution in [3.05, 3.63) is 0 Å². The summed E-state index contributed by atoms with van der Waals surface area (Å²) in [6, 6.07) is 0. The number of carbonyl (C=O) groups is 1. The second-order valence-corrected chi connectivity index (χ2v) is 5.67. The van der Waals surface area contributed by atoms with Crippen LogP contribution in [0, 0.1) is 5.92 Å². The van der Waals surface area contributed by atoms with Gasteiger partial charge >= 0.3 is 0 Å². The van der Waals surface area contributed by atoms with Gasteiger partial charge in [-0.2, -0.15) is 12.6 Å². The van der Waals surface area contributed by atoms with Crippen LogP contribution >= 0.6 is 12.6 Å². The Bertz CT molecular complexity index is 246. The van der Waals surface area contributed by atoms with Gasteiger partial charge in [-0.1, -0.05) is 12.8 Å². The first kappa shape index (κ1) is 13.2. The minimum atomic E-state index is 0.346. The zero-order valence-electron chi connectivity index (χ0n) is 10.6. The predicted octanol–water partition coefficient (Wildman–Crippen LogP) is 1.64. The van der Waals surface area contributed by atoms with Crippen LogP contribution in [0.25, 0.3) is 0 Å². The zero-order valence-corrected chi connectivity index (χ0v) is 11.5. The summed E-state index contributed by atoms with van der Waals surface area (Å²) in [4.78, 5) is 16.8. The van der Waals surface area contributed by atoms with Gasteiger partial charge in [0, 0.05) is 32.1 Å². The van der Waals surface area contributed by atoms with E-state index in [1.54, 1.807) is 0 Å². The fraction of sp³-hybridized carbons (Fsp3) is 0.923. The molecule has 1 saturated heterocycles. The summed E-state index contributed by atoms with van der Waals surface area (Å²) in [6.45, 7) is 5.09. The number of amides is 1. The molecule has 0 unspecified atom stereocenters. The van der Waals surface area contributed by atoms with Gasteiger partial charge in [0.15, 0.2) is 0 Å². The van der Waals surface area contributed by atoms with Crippen LogP contribution in [-0.4, -0.2) is 54.2 Å². The molecule has 1 saturated carbocycles. The summed E-state index contributed by atoms with van der Waals surface area (Å²) >= 11 is 4.24. The Morgan fingerprint density at radius 1 is 1.12 bits per heavy atom. The highest BCUT2D eigenvalue weighted by molar-refractivity contribution is 7.80. The minimum absolute atomic E-state index is 0.346. The van der Waals surface area contributed by atoms with Crippen LogP contribution in [0.1, 0.15) is 32.1 Å². The molecule has 1 aliphatic heterocycles. The molecular weight excluding hydrogens is 232 g/mol. The van der Waals surface area contributed by atoms with Crippen LogP contribution < -0.4 is 0 Å². The smallest absolute Gasteiger partial charge is 0.225 e. The third kappa shape index (κ3) is 3.62. The standard InChI is InChI=1S/C13H24N2OS/c16-13(12-4-1-2-5-12)15-9-7-14(8-10-15)6-3-11-17/h12,17H,1-11H2. The highest BCUT2D eigenvalue weighted by atomic mass is 32.1. The van der Waals surface area contributed by atoms with Crippen molar-refractivity contribution in [2.24, 2.45) is 5.92 Å². The van der Waals surface area contributed by atoms with Crippen molar-refractivity contribution in [1.29, 1.82) is 0 Å². The van der Waals surface area contributed by atoms with Gasteiger partial charge in [-0.3, -0.25) is 9.69 Å². The van der Waals surface area contributed by atoms with E-state index < -0.39 is 0 Å². The summed E-state index contributed by atoms with van der Waals surface area (Å²) in [5.74, 6) is 1.73. The molecule has 1 amide bonds. The van der Waals surface area contributed by atoms with E-state index in [1.807, 2.05) is 0 Å². The lowest BCUT2D eigenvalue weighted by Crippen LogP contribution is -2.50. The second-order valence-electron chi connectivity index (χ2n) is 5.23. The van der Waals surface area contributed by atoms with Crippen LogP contribution in [0.2, 0.25) is 0 Å². The molecule has 1 heterocycles. The van der Waals surface area contributed by atoms with Gasteiger partial charge in [0.2, 0.25) is 5.91 Å². The molecule has 0 bridgehead atoms. The van der Waals surface area contributed by atoms with Gasteiger partial charge in [-0.25, -0.2) is 0 Å². The van der Waals surface area contributed by atoms with Crippen molar-refractivity contribution in [3.63, 3.8) is 0 Å². The maximum Gasteiger partial charge on any atom is 0.225 e. The molecule has 2 fully saturated rings. The van der Waals surface area contributed by atoms with Crippen LogP contribution in [0.3, 0.4) is 0 Å². The third-order valence-corrected chi connectivity index (χ3v) is 4.34. The quantitative estimate of drug-likeness (QED) is 0.773. The van der Waals surface area contributed by atoms with E-state index in [9.17, 15) is 4.79 Å². The van der Waals surface area contributed by atoms with Gasteiger partial charge in [-0.05, 0) is 31.6 Å². The topological polar surface area (TPSA) is 23.6 Å². The van der Waals surface area contributed by atoms with E-state index in [2.05, 4.69) is 22.4 Å². The van der Waals surface area contributed by atoms with Gasteiger partial charge in [0.25, 0.3) is 0 Å². The molecule has 0 spiro atoms. The fourth-order valence-electron chi connectivity index (χ4n) is 2.92. The Balaban J connectivity index is 1.72. The number of nitrogens with zero attached hydrogens (tertiary/aromatic N) is 2. The summed E-state index contributed by atoms with van der Waals surface area (Å²) in [5.41, 5.74) is 0. The number of piperazine rings is 1. The van der Waals surface area contributed by atoms with Crippen LogP contribution in [0.15, 0.2) is 0 Å². The summed E-state index contributed by atoms with van der Waals surface area (Å²) in [7, 11) is 0. The largest absolute Gasteiger partial charge is 0.340 e. The predicted molar refractivity (Wildman–Crippen MR) is 73.4 cm³/mol. The summed E-state index contributed by atoms with van der Waals surface area (Å²) in [6.07, 6.45) is 5.90. The van der Waals surface area contributed by atoms with E-state index in [4.69, 9.17) is 0 Å². The highest BCUT2D eigenvalue weighted by Gasteiger charge is 2.29. The highest BCUT2D eigenvalue weighted by Crippen LogP contribution is 2.26. The number of rotatable bonds is 4. The Kier molecular flexibility index (Phi) is 5.16. The fourth-order valence-corrected chi connectivity index (χ4v) is 3.06. The lowest BCUT2D eigenvalue weighted by atomic mass is 10.1. The molecule has 0 N–H and O–H groups in total. The van der Waals surface area contributed by atoms with Crippen molar-refractivity contribution in [2.75, 3.05) is 38.5 Å². The number of hydrogen-bond acceptors (Lipinski definition) is 3. The van der Waals surface area contributed by atoms with Gasteiger partial charge in [0.1, 0.15) is 0 Å². The molecule has 0 aromatic heterocycles. The normalized spacial score (nSPS) is 23.2.